The molecule has 1 aromatic carbocycles. The van der Waals surface area contributed by atoms with Crippen molar-refractivity contribution in [3.8, 4) is 11.8 Å². The Morgan fingerprint density at radius 3 is 2.63 bits per heavy atom. The fourth-order valence-electron chi connectivity index (χ4n) is 2.46. The van der Waals surface area contributed by atoms with Crippen LogP contribution in [0.4, 0.5) is 5.82 Å². The number of carbonyl (C=O) groups is 1. The van der Waals surface area contributed by atoms with Gasteiger partial charge in [-0.05, 0) is 50.6 Å². The van der Waals surface area contributed by atoms with Crippen molar-refractivity contribution in [1.82, 2.24) is 15.2 Å². The summed E-state index contributed by atoms with van der Waals surface area (Å²) >= 11 is 0. The normalized spacial score (nSPS) is 11.4. The van der Waals surface area contributed by atoms with Gasteiger partial charge in [0.2, 0.25) is 0 Å². The Hall–Kier alpha value is -3.85. The SMILES string of the molecule is C/C=C(\C=C(/C)N(C)C)NC(=O)c1ccc(C)c(C#Cc2cnc(N)c(C=N)c2)c1. The summed E-state index contributed by atoms with van der Waals surface area (Å²) in [6, 6.07) is 7.14. The van der Waals surface area contributed by atoms with Crippen LogP contribution in [0.3, 0.4) is 0 Å². The molecular formula is C24H27N5O. The molecule has 2 rings (SSSR count). The predicted octanol–water partition coefficient (Wildman–Crippen LogP) is 3.47. The number of amides is 1. The summed E-state index contributed by atoms with van der Waals surface area (Å²) in [6.07, 6.45) is 6.49. The molecule has 30 heavy (non-hydrogen) atoms. The summed E-state index contributed by atoms with van der Waals surface area (Å²) in [5.41, 5.74) is 10.9. The number of anilines is 1. The van der Waals surface area contributed by atoms with Crippen molar-refractivity contribution >= 4 is 17.9 Å². The Kier molecular flexibility index (Phi) is 7.54. The van der Waals surface area contributed by atoms with E-state index in [1.54, 1.807) is 24.4 Å². The molecule has 0 fully saturated rings. The summed E-state index contributed by atoms with van der Waals surface area (Å²) in [5, 5.41) is 10.3. The monoisotopic (exact) mass is 401 g/mol. The largest absolute Gasteiger partial charge is 0.383 e. The molecule has 0 bridgehead atoms. The average molecular weight is 402 g/mol. The third-order valence-corrected chi connectivity index (χ3v) is 4.58. The lowest BCUT2D eigenvalue weighted by Gasteiger charge is -2.14. The van der Waals surface area contributed by atoms with E-state index >= 15 is 0 Å². The molecule has 1 heterocycles. The van der Waals surface area contributed by atoms with Crippen LogP contribution < -0.4 is 11.1 Å². The van der Waals surface area contributed by atoms with Gasteiger partial charge in [-0.15, -0.1) is 0 Å². The number of nitrogen functional groups attached to an aromatic ring is 1. The van der Waals surface area contributed by atoms with E-state index in [2.05, 4.69) is 22.1 Å². The summed E-state index contributed by atoms with van der Waals surface area (Å²) < 4.78 is 0. The number of hydrogen-bond donors (Lipinski definition) is 3. The number of nitrogens with two attached hydrogens (primary N) is 1. The molecule has 4 N–H and O–H groups in total. The molecule has 0 saturated heterocycles. The minimum atomic E-state index is -0.200. The van der Waals surface area contributed by atoms with Crippen molar-refractivity contribution in [2.24, 2.45) is 0 Å². The molecule has 6 heteroatoms. The van der Waals surface area contributed by atoms with Crippen LogP contribution in [0.15, 0.2) is 54.0 Å². The quantitative estimate of drug-likeness (QED) is 0.406. The highest BCUT2D eigenvalue weighted by Crippen LogP contribution is 2.13. The predicted molar refractivity (Wildman–Crippen MR) is 122 cm³/mol. The van der Waals surface area contributed by atoms with Crippen molar-refractivity contribution in [2.75, 3.05) is 19.8 Å². The fourth-order valence-corrected chi connectivity index (χ4v) is 2.46. The van der Waals surface area contributed by atoms with E-state index in [0.29, 0.717) is 22.5 Å². The van der Waals surface area contributed by atoms with Crippen LogP contribution in [0.1, 0.15) is 46.5 Å². The number of allylic oxidation sites excluding steroid dienone is 3. The molecule has 0 aliphatic rings. The second-order valence-electron chi connectivity index (χ2n) is 7.00. The van der Waals surface area contributed by atoms with E-state index in [-0.39, 0.29) is 5.91 Å². The zero-order valence-corrected chi connectivity index (χ0v) is 18.0. The summed E-state index contributed by atoms with van der Waals surface area (Å²) in [4.78, 5) is 18.8. The van der Waals surface area contributed by atoms with Crippen LogP contribution in [0.2, 0.25) is 0 Å². The number of benzene rings is 1. The van der Waals surface area contributed by atoms with E-state index in [9.17, 15) is 4.79 Å². The van der Waals surface area contributed by atoms with Crippen molar-refractivity contribution < 1.29 is 4.79 Å². The number of hydrogen-bond acceptors (Lipinski definition) is 5. The Labute approximate surface area is 178 Å². The van der Waals surface area contributed by atoms with Gasteiger partial charge in [-0.25, -0.2) is 4.98 Å². The van der Waals surface area contributed by atoms with Crippen LogP contribution in [0.25, 0.3) is 0 Å². The molecule has 0 unspecified atom stereocenters. The molecular weight excluding hydrogens is 374 g/mol. The molecule has 0 aliphatic heterocycles. The highest BCUT2D eigenvalue weighted by atomic mass is 16.1. The first-order valence-electron chi connectivity index (χ1n) is 9.47. The van der Waals surface area contributed by atoms with Crippen molar-refractivity contribution in [1.29, 1.82) is 5.41 Å². The zero-order valence-electron chi connectivity index (χ0n) is 18.0. The van der Waals surface area contributed by atoms with Gasteiger partial charge in [0.05, 0.1) is 0 Å². The highest BCUT2D eigenvalue weighted by molar-refractivity contribution is 5.96. The first kappa shape index (κ1) is 22.4. The second-order valence-corrected chi connectivity index (χ2v) is 7.00. The molecule has 154 valence electrons. The van der Waals surface area contributed by atoms with Crippen LogP contribution in [-0.2, 0) is 0 Å². The molecule has 0 aliphatic carbocycles. The molecule has 0 radical (unpaired) electrons. The second kappa shape index (κ2) is 10.1. The van der Waals surface area contributed by atoms with E-state index in [1.165, 1.54) is 0 Å². The number of aryl methyl sites for hydroxylation is 1. The smallest absolute Gasteiger partial charge is 0.255 e. The van der Waals surface area contributed by atoms with Gasteiger partial charge in [0.1, 0.15) is 5.82 Å². The lowest BCUT2D eigenvalue weighted by atomic mass is 10.0. The minimum Gasteiger partial charge on any atom is -0.383 e. The number of nitrogens with zero attached hydrogens (tertiary/aromatic N) is 2. The van der Waals surface area contributed by atoms with Gasteiger partial charge in [0.15, 0.2) is 0 Å². The van der Waals surface area contributed by atoms with Gasteiger partial charge in [-0.3, -0.25) is 4.79 Å². The highest BCUT2D eigenvalue weighted by Gasteiger charge is 2.09. The average Bonchev–Trinajstić information content (AvgIpc) is 2.73. The van der Waals surface area contributed by atoms with Crippen molar-refractivity contribution in [3.05, 3.63) is 81.8 Å². The number of rotatable bonds is 5. The third kappa shape index (κ3) is 5.82. The molecule has 0 atom stereocenters. The molecule has 0 saturated carbocycles. The standard InChI is InChI=1S/C24H27N5O/c1-6-22(11-17(3)29(4)5)28-24(30)20-9-7-16(2)19(13-20)10-8-18-12-21(14-25)23(26)27-15-18/h6-7,9,11-15,25H,1-5H3,(H2,26,27)(H,28,30)/b17-11+,22-6+,25-14?. The Morgan fingerprint density at radius 1 is 1.27 bits per heavy atom. The van der Waals surface area contributed by atoms with E-state index in [1.807, 2.05) is 58.0 Å². The lowest BCUT2D eigenvalue weighted by molar-refractivity contribution is 0.0967. The number of nitrogens with one attached hydrogen (secondary N) is 2. The summed E-state index contributed by atoms with van der Waals surface area (Å²) in [6.45, 7) is 5.80. The minimum absolute atomic E-state index is 0.200. The van der Waals surface area contributed by atoms with Crippen LogP contribution in [-0.4, -0.2) is 36.1 Å². The Balaban J connectivity index is 2.28. The van der Waals surface area contributed by atoms with Gasteiger partial charge in [-0.2, -0.15) is 0 Å². The van der Waals surface area contributed by atoms with E-state index < -0.39 is 0 Å². The van der Waals surface area contributed by atoms with Crippen molar-refractivity contribution in [2.45, 2.75) is 20.8 Å². The van der Waals surface area contributed by atoms with Gasteiger partial charge < -0.3 is 21.4 Å². The van der Waals surface area contributed by atoms with E-state index in [0.717, 1.165) is 28.7 Å². The van der Waals surface area contributed by atoms with Crippen LogP contribution >= 0.6 is 0 Å². The lowest BCUT2D eigenvalue weighted by Crippen LogP contribution is -2.23. The first-order valence-corrected chi connectivity index (χ1v) is 9.47. The fraction of sp³-hybridized carbons (Fsp3) is 0.208. The number of pyridine rings is 1. The maximum atomic E-state index is 12.7. The van der Waals surface area contributed by atoms with Gasteiger partial charge in [-0.1, -0.05) is 24.0 Å². The van der Waals surface area contributed by atoms with Crippen LogP contribution in [0.5, 0.6) is 0 Å². The maximum absolute atomic E-state index is 12.7. The topological polar surface area (TPSA) is 95.1 Å². The molecule has 6 nitrogen and oxygen atoms in total. The molecule has 0 spiro atoms. The van der Waals surface area contributed by atoms with Crippen LogP contribution in [0, 0.1) is 24.2 Å². The van der Waals surface area contributed by atoms with Crippen molar-refractivity contribution in [3.63, 3.8) is 0 Å². The molecule has 2 aromatic rings. The number of carbonyl (C=O) groups excluding carboxylic acids is 1. The molecule has 1 amide bonds. The van der Waals surface area contributed by atoms with E-state index in [4.69, 9.17) is 11.1 Å². The Bertz CT molecular complexity index is 1080. The first-order chi connectivity index (χ1) is 14.2. The zero-order chi connectivity index (χ0) is 22.3. The van der Waals surface area contributed by atoms with Gasteiger partial charge in [0, 0.05) is 60.2 Å². The Morgan fingerprint density at radius 2 is 2.00 bits per heavy atom. The van der Waals surface area contributed by atoms with Gasteiger partial charge in [0.25, 0.3) is 5.91 Å². The number of aromatic nitrogens is 1. The molecule has 1 aromatic heterocycles. The third-order valence-electron chi connectivity index (χ3n) is 4.58. The van der Waals surface area contributed by atoms with Gasteiger partial charge >= 0.3 is 0 Å². The summed E-state index contributed by atoms with van der Waals surface area (Å²) in [5.74, 6) is 6.22. The maximum Gasteiger partial charge on any atom is 0.255 e. The summed E-state index contributed by atoms with van der Waals surface area (Å²) in [7, 11) is 3.90.